The Kier molecular flexibility index (Phi) is 8.30. The van der Waals surface area contributed by atoms with Crippen LogP contribution in [0.25, 0.3) is 6.08 Å². The molecule has 35 heavy (non-hydrogen) atoms. The molecule has 3 rings (SSSR count). The number of nitrogens with zero attached hydrogens (tertiary/aromatic N) is 2. The molecule has 1 N–H and O–H groups in total. The average Bonchev–Trinajstić information content (AvgIpc) is 2.83. The van der Waals surface area contributed by atoms with E-state index in [2.05, 4.69) is 4.98 Å². The van der Waals surface area contributed by atoms with E-state index in [9.17, 15) is 13.2 Å². The van der Waals surface area contributed by atoms with Gasteiger partial charge in [-0.2, -0.15) is 0 Å². The molecule has 1 aromatic heterocycles. The lowest BCUT2D eigenvalue weighted by Gasteiger charge is -2.28. The van der Waals surface area contributed by atoms with Crippen LogP contribution < -0.4 is 9.04 Å². The molecule has 0 fully saturated rings. The van der Waals surface area contributed by atoms with Gasteiger partial charge >= 0.3 is 5.97 Å². The SMILES string of the molecule is Cc1cc(OCc2ccc(/C=C/C(=O)O)cc2)c(N(CC(C)C)S(=O)(=O)c2cccnc2)cc1C. The van der Waals surface area contributed by atoms with Crippen molar-refractivity contribution in [2.45, 2.75) is 39.2 Å². The number of carboxylic acid groups (broad SMARTS) is 1. The van der Waals surface area contributed by atoms with Crippen molar-refractivity contribution < 1.29 is 23.1 Å². The zero-order valence-electron chi connectivity index (χ0n) is 20.3. The molecule has 0 aliphatic rings. The van der Waals surface area contributed by atoms with Crippen molar-refractivity contribution in [3.8, 4) is 5.75 Å². The molecule has 8 heteroatoms. The first-order valence-corrected chi connectivity index (χ1v) is 12.7. The highest BCUT2D eigenvalue weighted by atomic mass is 32.2. The van der Waals surface area contributed by atoms with E-state index in [1.165, 1.54) is 22.6 Å². The van der Waals surface area contributed by atoms with Gasteiger partial charge in [0.25, 0.3) is 10.0 Å². The Bertz CT molecular complexity index is 1300. The molecule has 0 atom stereocenters. The van der Waals surface area contributed by atoms with Gasteiger partial charge in [0.1, 0.15) is 17.3 Å². The summed E-state index contributed by atoms with van der Waals surface area (Å²) >= 11 is 0. The highest BCUT2D eigenvalue weighted by molar-refractivity contribution is 7.92. The van der Waals surface area contributed by atoms with E-state index in [1.807, 2.05) is 52.0 Å². The number of aliphatic carboxylic acids is 1. The highest BCUT2D eigenvalue weighted by Gasteiger charge is 2.29. The maximum Gasteiger partial charge on any atom is 0.328 e. The molecule has 1 heterocycles. The van der Waals surface area contributed by atoms with E-state index in [4.69, 9.17) is 9.84 Å². The standard InChI is InChI=1S/C27H30N2O5S/c1-19(2)17-29(35(32,33)24-6-5-13-28-16-24)25-14-20(3)21(4)15-26(25)34-18-23-9-7-22(8-10-23)11-12-27(30)31/h5-16,19H,17-18H2,1-4H3,(H,30,31)/b12-11+. The van der Waals surface area contributed by atoms with Gasteiger partial charge in [-0.3, -0.25) is 9.29 Å². The Balaban J connectivity index is 1.96. The molecule has 2 aromatic carbocycles. The first-order valence-electron chi connectivity index (χ1n) is 11.2. The molecule has 0 spiro atoms. The zero-order valence-corrected chi connectivity index (χ0v) is 21.1. The minimum atomic E-state index is -3.87. The van der Waals surface area contributed by atoms with Crippen molar-refractivity contribution >= 4 is 27.8 Å². The molecule has 0 amide bonds. The number of hydrogen-bond acceptors (Lipinski definition) is 5. The number of carbonyl (C=O) groups is 1. The molecule has 0 saturated heterocycles. The summed E-state index contributed by atoms with van der Waals surface area (Å²) in [6.45, 7) is 8.33. The quantitative estimate of drug-likeness (QED) is 0.388. The summed E-state index contributed by atoms with van der Waals surface area (Å²) < 4.78 is 34.8. The van der Waals surface area contributed by atoms with Crippen molar-refractivity contribution in [3.05, 3.63) is 89.3 Å². The van der Waals surface area contributed by atoms with Crippen LogP contribution in [-0.2, 0) is 21.4 Å². The van der Waals surface area contributed by atoms with Crippen LogP contribution in [0.3, 0.4) is 0 Å². The van der Waals surface area contributed by atoms with Crippen LogP contribution in [0.1, 0.15) is 36.1 Å². The summed E-state index contributed by atoms with van der Waals surface area (Å²) in [6.07, 6.45) is 5.49. The molecule has 0 aliphatic carbocycles. The van der Waals surface area contributed by atoms with Gasteiger partial charge in [0.2, 0.25) is 0 Å². The van der Waals surface area contributed by atoms with Gasteiger partial charge < -0.3 is 9.84 Å². The van der Waals surface area contributed by atoms with Crippen molar-refractivity contribution in [3.63, 3.8) is 0 Å². The van der Waals surface area contributed by atoms with E-state index in [0.29, 0.717) is 11.4 Å². The fourth-order valence-electron chi connectivity index (χ4n) is 3.42. The number of ether oxygens (including phenoxy) is 1. The molecular weight excluding hydrogens is 464 g/mol. The number of rotatable bonds is 10. The molecule has 0 aliphatic heterocycles. The number of aromatic nitrogens is 1. The Morgan fingerprint density at radius 2 is 1.80 bits per heavy atom. The normalized spacial score (nSPS) is 11.7. The molecule has 0 radical (unpaired) electrons. The first-order chi connectivity index (χ1) is 16.6. The number of aryl methyl sites for hydroxylation is 2. The topological polar surface area (TPSA) is 96.8 Å². The largest absolute Gasteiger partial charge is 0.487 e. The third-order valence-corrected chi connectivity index (χ3v) is 7.15. The molecule has 0 bridgehead atoms. The van der Waals surface area contributed by atoms with Crippen LogP contribution in [0.15, 0.2) is 71.9 Å². The Labute approximate surface area is 206 Å². The third kappa shape index (κ3) is 6.70. The van der Waals surface area contributed by atoms with Crippen molar-refractivity contribution in [1.82, 2.24) is 4.98 Å². The van der Waals surface area contributed by atoms with Gasteiger partial charge in [-0.05, 0) is 72.4 Å². The number of anilines is 1. The minimum Gasteiger partial charge on any atom is -0.487 e. The first kappa shape index (κ1) is 26.0. The molecule has 0 saturated carbocycles. The van der Waals surface area contributed by atoms with Gasteiger partial charge in [-0.1, -0.05) is 38.1 Å². The van der Waals surface area contributed by atoms with Crippen LogP contribution in [0.5, 0.6) is 5.75 Å². The number of hydrogen-bond donors (Lipinski definition) is 1. The van der Waals surface area contributed by atoms with Crippen molar-refractivity contribution in [1.29, 1.82) is 0 Å². The second-order valence-corrected chi connectivity index (χ2v) is 10.6. The van der Waals surface area contributed by atoms with Crippen LogP contribution >= 0.6 is 0 Å². The smallest absolute Gasteiger partial charge is 0.328 e. The summed E-state index contributed by atoms with van der Waals surface area (Å²) in [6, 6.07) is 14.2. The number of carboxylic acids is 1. The van der Waals surface area contributed by atoms with Crippen molar-refractivity contribution in [2.24, 2.45) is 5.92 Å². The number of benzene rings is 2. The van der Waals surface area contributed by atoms with E-state index < -0.39 is 16.0 Å². The molecule has 7 nitrogen and oxygen atoms in total. The lowest BCUT2D eigenvalue weighted by molar-refractivity contribution is -0.131. The van der Waals surface area contributed by atoms with Crippen LogP contribution in [0.2, 0.25) is 0 Å². The summed E-state index contributed by atoms with van der Waals surface area (Å²) in [4.78, 5) is 14.8. The van der Waals surface area contributed by atoms with Crippen LogP contribution in [0.4, 0.5) is 5.69 Å². The van der Waals surface area contributed by atoms with Gasteiger partial charge in [0.15, 0.2) is 0 Å². The summed E-state index contributed by atoms with van der Waals surface area (Å²) in [5.41, 5.74) is 4.05. The minimum absolute atomic E-state index is 0.0716. The molecule has 0 unspecified atom stereocenters. The second kappa shape index (κ2) is 11.2. The van der Waals surface area contributed by atoms with E-state index in [-0.39, 0.29) is 24.0 Å². The van der Waals surface area contributed by atoms with E-state index in [0.717, 1.165) is 28.3 Å². The molecule has 3 aromatic rings. The maximum atomic E-state index is 13.6. The lowest BCUT2D eigenvalue weighted by atomic mass is 10.1. The number of pyridine rings is 1. The second-order valence-electron chi connectivity index (χ2n) is 8.72. The molecular formula is C27H30N2O5S. The monoisotopic (exact) mass is 494 g/mol. The Morgan fingerprint density at radius 1 is 1.11 bits per heavy atom. The zero-order chi connectivity index (χ0) is 25.6. The fraction of sp³-hybridized carbons (Fsp3) is 0.259. The van der Waals surface area contributed by atoms with Crippen LogP contribution in [0, 0.1) is 19.8 Å². The summed E-state index contributed by atoms with van der Waals surface area (Å²) in [5.74, 6) is -0.467. The van der Waals surface area contributed by atoms with Gasteiger partial charge in [0.05, 0.1) is 5.69 Å². The summed E-state index contributed by atoms with van der Waals surface area (Å²) in [5, 5.41) is 8.78. The van der Waals surface area contributed by atoms with Crippen LogP contribution in [-0.4, -0.2) is 31.0 Å². The Hall–Kier alpha value is -3.65. The van der Waals surface area contributed by atoms with E-state index in [1.54, 1.807) is 24.4 Å². The number of sulfonamides is 1. The lowest BCUT2D eigenvalue weighted by Crippen LogP contribution is -2.34. The highest BCUT2D eigenvalue weighted by Crippen LogP contribution is 2.36. The van der Waals surface area contributed by atoms with Crippen molar-refractivity contribution in [2.75, 3.05) is 10.8 Å². The third-order valence-electron chi connectivity index (χ3n) is 5.39. The Morgan fingerprint density at radius 3 is 2.40 bits per heavy atom. The predicted molar refractivity (Wildman–Crippen MR) is 137 cm³/mol. The van der Waals surface area contributed by atoms with Gasteiger partial charge in [-0.15, -0.1) is 0 Å². The molecule has 184 valence electrons. The average molecular weight is 495 g/mol. The van der Waals surface area contributed by atoms with Gasteiger partial charge in [0, 0.05) is 25.0 Å². The van der Waals surface area contributed by atoms with Gasteiger partial charge in [-0.25, -0.2) is 13.2 Å². The summed E-state index contributed by atoms with van der Waals surface area (Å²) in [7, 11) is -3.87. The fourth-order valence-corrected chi connectivity index (χ4v) is 5.02. The van der Waals surface area contributed by atoms with E-state index >= 15 is 0 Å². The predicted octanol–water partition coefficient (Wildman–Crippen LogP) is 5.23. The maximum absolute atomic E-state index is 13.6.